The van der Waals surface area contributed by atoms with Crippen molar-refractivity contribution < 1.29 is 50.7 Å². The van der Waals surface area contributed by atoms with E-state index in [1.54, 1.807) is 0 Å². The smallest absolute Gasteiger partial charge is 0.387 e. The van der Waals surface area contributed by atoms with Crippen molar-refractivity contribution in [2.24, 2.45) is 0 Å². The van der Waals surface area contributed by atoms with E-state index in [0.29, 0.717) is 13.0 Å². The molecule has 1 fully saturated rings. The van der Waals surface area contributed by atoms with Gasteiger partial charge in [-0.05, 0) is 49.2 Å². The Kier molecular flexibility index (Phi) is 8.66. The second kappa shape index (κ2) is 10.5. The number of halogens is 6. The molecule has 2 aromatic rings. The van der Waals surface area contributed by atoms with Gasteiger partial charge < -0.3 is 25.1 Å². The highest BCUT2D eigenvalue weighted by atomic mass is 31.2. The highest BCUT2D eigenvalue weighted by Crippen LogP contribution is 2.35. The zero-order valence-electron chi connectivity index (χ0n) is 16.8. The fraction of sp³-hybridized carbons (Fsp3) is 0.421. The molecule has 1 aliphatic rings. The first-order valence-electron chi connectivity index (χ1n) is 9.52. The number of pyridine rings is 1. The molecule has 0 spiro atoms. The van der Waals surface area contributed by atoms with Gasteiger partial charge in [0.2, 0.25) is 0 Å². The number of phosphoric acid groups is 1. The molecular formula is C19H21F6N2O5P. The van der Waals surface area contributed by atoms with Crippen molar-refractivity contribution in [1.29, 1.82) is 0 Å². The summed E-state index contributed by atoms with van der Waals surface area (Å²) in [5.74, 6) is 0. The summed E-state index contributed by atoms with van der Waals surface area (Å²) in [6.45, 7) is 0.657. The van der Waals surface area contributed by atoms with Gasteiger partial charge in [0.25, 0.3) is 0 Å². The predicted octanol–water partition coefficient (Wildman–Crippen LogP) is 4.03. The maximum atomic E-state index is 13.3. The van der Waals surface area contributed by atoms with Gasteiger partial charge in [-0.25, -0.2) is 9.55 Å². The predicted molar refractivity (Wildman–Crippen MR) is 105 cm³/mol. The average molecular weight is 502 g/mol. The zero-order chi connectivity index (χ0) is 25.0. The molecule has 0 aliphatic carbocycles. The maximum Gasteiger partial charge on any atom is 0.466 e. The number of hydrogen-bond donors (Lipinski definition) is 5. The molecule has 1 aromatic carbocycles. The SMILES string of the molecule is O=P(O)(O)O.O[C@@H](c1cc(-c2ccc(C(F)(F)F)cc2)nc(C(F)(F)F)c1)[C@@H]1CCCCN1. The van der Waals surface area contributed by atoms with Crippen molar-refractivity contribution in [1.82, 2.24) is 10.3 Å². The lowest BCUT2D eigenvalue weighted by atomic mass is 9.93. The summed E-state index contributed by atoms with van der Waals surface area (Å²) >= 11 is 0. The van der Waals surface area contributed by atoms with Gasteiger partial charge in [0.15, 0.2) is 0 Å². The summed E-state index contributed by atoms with van der Waals surface area (Å²) in [5.41, 5.74) is -2.13. The molecule has 1 saturated heterocycles. The third-order valence-electron chi connectivity index (χ3n) is 4.72. The normalized spacial score (nSPS) is 18.3. The molecule has 5 N–H and O–H groups in total. The Morgan fingerprint density at radius 1 is 0.970 bits per heavy atom. The summed E-state index contributed by atoms with van der Waals surface area (Å²) in [5, 5.41) is 13.6. The summed E-state index contributed by atoms with van der Waals surface area (Å²) in [7, 11) is -4.64. The lowest BCUT2D eigenvalue weighted by Crippen LogP contribution is -2.38. The maximum absolute atomic E-state index is 13.3. The van der Waals surface area contributed by atoms with Crippen LogP contribution in [0.25, 0.3) is 11.3 Å². The summed E-state index contributed by atoms with van der Waals surface area (Å²) in [6, 6.07) is 5.40. The lowest BCUT2D eigenvalue weighted by Gasteiger charge is -2.28. The molecule has 0 unspecified atom stereocenters. The van der Waals surface area contributed by atoms with E-state index in [1.165, 1.54) is 6.07 Å². The van der Waals surface area contributed by atoms with E-state index in [1.807, 2.05) is 0 Å². The van der Waals surface area contributed by atoms with Gasteiger partial charge in [-0.1, -0.05) is 18.6 Å². The van der Waals surface area contributed by atoms with Gasteiger partial charge in [0, 0.05) is 11.6 Å². The van der Waals surface area contributed by atoms with E-state index in [0.717, 1.165) is 43.2 Å². The summed E-state index contributed by atoms with van der Waals surface area (Å²) in [6.07, 6.45) is -8.11. The van der Waals surface area contributed by atoms with Crippen LogP contribution in [0.5, 0.6) is 0 Å². The zero-order valence-corrected chi connectivity index (χ0v) is 17.7. The van der Waals surface area contributed by atoms with Crippen LogP contribution in [0.2, 0.25) is 0 Å². The van der Waals surface area contributed by atoms with E-state index < -0.39 is 43.6 Å². The molecule has 0 bridgehead atoms. The number of nitrogens with zero attached hydrogens (tertiary/aromatic N) is 1. The quantitative estimate of drug-likeness (QED) is 0.317. The Bertz CT molecular complexity index is 964. The van der Waals surface area contributed by atoms with E-state index >= 15 is 0 Å². The van der Waals surface area contributed by atoms with Gasteiger partial charge in [0.05, 0.1) is 17.4 Å². The van der Waals surface area contributed by atoms with Gasteiger partial charge >= 0.3 is 20.2 Å². The summed E-state index contributed by atoms with van der Waals surface area (Å²) in [4.78, 5) is 25.1. The monoisotopic (exact) mass is 502 g/mol. The third-order valence-corrected chi connectivity index (χ3v) is 4.72. The van der Waals surface area contributed by atoms with Gasteiger partial charge in [-0.3, -0.25) is 0 Å². The van der Waals surface area contributed by atoms with E-state index in [2.05, 4.69) is 10.3 Å². The van der Waals surface area contributed by atoms with Crippen LogP contribution in [0.3, 0.4) is 0 Å². The van der Waals surface area contributed by atoms with Gasteiger partial charge in [-0.2, -0.15) is 26.3 Å². The molecule has 33 heavy (non-hydrogen) atoms. The van der Waals surface area contributed by atoms with Crippen molar-refractivity contribution in [3.8, 4) is 11.3 Å². The van der Waals surface area contributed by atoms with Crippen LogP contribution in [0.1, 0.15) is 42.2 Å². The molecule has 0 saturated carbocycles. The van der Waals surface area contributed by atoms with Crippen LogP contribution < -0.4 is 5.32 Å². The minimum Gasteiger partial charge on any atom is -0.387 e. The molecule has 3 rings (SSSR count). The number of aromatic nitrogens is 1. The fourth-order valence-electron chi connectivity index (χ4n) is 3.23. The van der Waals surface area contributed by atoms with E-state index in [9.17, 15) is 31.4 Å². The first-order chi connectivity index (χ1) is 15.1. The number of aliphatic hydroxyl groups is 1. The highest BCUT2D eigenvalue weighted by molar-refractivity contribution is 7.45. The Morgan fingerprint density at radius 3 is 2.00 bits per heavy atom. The van der Waals surface area contributed by atoms with E-state index in [4.69, 9.17) is 19.2 Å². The number of piperidine rings is 1. The largest absolute Gasteiger partial charge is 0.466 e. The number of rotatable bonds is 3. The van der Waals surface area contributed by atoms with Crippen LogP contribution in [-0.2, 0) is 16.9 Å². The van der Waals surface area contributed by atoms with Crippen LogP contribution in [-0.4, -0.2) is 37.4 Å². The Morgan fingerprint density at radius 2 is 1.55 bits per heavy atom. The van der Waals surface area contributed by atoms with Crippen LogP contribution >= 0.6 is 7.82 Å². The Labute approximate surface area is 184 Å². The number of nitrogens with one attached hydrogen (secondary N) is 1. The standard InChI is InChI=1S/C19H18F6N2O.H3O4P/c20-18(21,22)13-6-4-11(5-7-13)15-9-12(10-16(27-15)19(23,24)25)17(28)14-3-1-2-8-26-14;1-5(2,3)4/h4-7,9-10,14,17,26,28H,1-3,8H2;(H3,1,2,3,4)/t14-,17-;/m0./s1. The van der Waals surface area contributed by atoms with Crippen molar-refractivity contribution >= 4 is 7.82 Å². The first kappa shape index (κ1) is 27.2. The molecule has 2 heterocycles. The second-order valence-electron chi connectivity index (χ2n) is 7.26. The molecule has 184 valence electrons. The topological polar surface area (TPSA) is 123 Å². The van der Waals surface area contributed by atoms with Crippen molar-refractivity contribution in [3.63, 3.8) is 0 Å². The van der Waals surface area contributed by atoms with Crippen LogP contribution in [0, 0.1) is 0 Å². The summed E-state index contributed by atoms with van der Waals surface area (Å²) < 4.78 is 86.9. The first-order valence-corrected chi connectivity index (χ1v) is 11.1. The highest BCUT2D eigenvalue weighted by Gasteiger charge is 2.35. The molecular weight excluding hydrogens is 481 g/mol. The van der Waals surface area contributed by atoms with Gasteiger partial charge in [-0.15, -0.1) is 0 Å². The molecule has 1 aliphatic heterocycles. The van der Waals surface area contributed by atoms with Crippen molar-refractivity contribution in [2.75, 3.05) is 6.54 Å². The van der Waals surface area contributed by atoms with E-state index in [-0.39, 0.29) is 16.8 Å². The Hall–Kier alpha value is -2.02. The molecule has 0 radical (unpaired) electrons. The number of aliphatic hydroxyl groups excluding tert-OH is 1. The average Bonchev–Trinajstić information content (AvgIpc) is 2.71. The number of alkyl halides is 6. The van der Waals surface area contributed by atoms with Crippen molar-refractivity contribution in [2.45, 2.75) is 43.8 Å². The molecule has 7 nitrogen and oxygen atoms in total. The van der Waals surface area contributed by atoms with Crippen molar-refractivity contribution in [3.05, 3.63) is 53.2 Å². The van der Waals surface area contributed by atoms with Crippen LogP contribution in [0.4, 0.5) is 26.3 Å². The number of benzene rings is 1. The fourth-order valence-corrected chi connectivity index (χ4v) is 3.23. The lowest BCUT2D eigenvalue weighted by molar-refractivity contribution is -0.141. The van der Waals surface area contributed by atoms with Crippen LogP contribution in [0.15, 0.2) is 36.4 Å². The molecule has 14 heteroatoms. The number of hydrogen-bond acceptors (Lipinski definition) is 4. The minimum atomic E-state index is -4.75. The minimum absolute atomic E-state index is 0.0247. The molecule has 1 aromatic heterocycles. The molecule has 0 amide bonds. The van der Waals surface area contributed by atoms with Gasteiger partial charge in [0.1, 0.15) is 5.69 Å². The third kappa shape index (κ3) is 8.69. The second-order valence-corrected chi connectivity index (χ2v) is 8.28. The molecule has 2 atom stereocenters. The Balaban J connectivity index is 0.000000696.